The van der Waals surface area contributed by atoms with E-state index in [4.69, 9.17) is 0 Å². The lowest BCUT2D eigenvalue weighted by atomic mass is 9.92. The number of rotatable bonds is 3. The van der Waals surface area contributed by atoms with E-state index in [-0.39, 0.29) is 17.7 Å². The number of hydrogen-bond donors (Lipinski definition) is 0. The van der Waals surface area contributed by atoms with Crippen LogP contribution in [-0.2, 0) is 14.6 Å². The zero-order chi connectivity index (χ0) is 17.5. The quantitative estimate of drug-likeness (QED) is 0.471. The van der Waals surface area contributed by atoms with Crippen molar-refractivity contribution in [3.05, 3.63) is 45.5 Å². The van der Waals surface area contributed by atoms with Gasteiger partial charge in [0.05, 0.1) is 33.7 Å². The highest BCUT2D eigenvalue weighted by molar-refractivity contribution is 7.93. The van der Waals surface area contributed by atoms with Crippen molar-refractivity contribution >= 4 is 27.1 Å². The molecule has 2 aliphatic rings. The van der Waals surface area contributed by atoms with E-state index in [2.05, 4.69) is 4.74 Å². The monoisotopic (exact) mass is 351 g/mol. The largest absolute Gasteiger partial charge is 0.465 e. The minimum atomic E-state index is -3.19. The summed E-state index contributed by atoms with van der Waals surface area (Å²) in [7, 11) is -1.98. The Bertz CT molecular complexity index is 842. The smallest absolute Gasteiger partial charge is 0.338 e. The first-order valence-corrected chi connectivity index (χ1v) is 9.26. The van der Waals surface area contributed by atoms with Crippen LogP contribution in [0.15, 0.2) is 24.3 Å². The number of fused-ring (bicyclic) bond motifs is 2. The summed E-state index contributed by atoms with van der Waals surface area (Å²) in [5, 5.41) is 10.4. The minimum absolute atomic E-state index is 0.0946. The molecule has 0 aromatic heterocycles. The number of nitrogens with zero attached hydrogens (tertiary/aromatic N) is 1. The number of hydrogen-bond acceptors (Lipinski definition) is 6. The number of carbonyl (C=O) groups is 1. The molecule has 0 amide bonds. The van der Waals surface area contributed by atoms with Crippen LogP contribution in [0.2, 0.25) is 0 Å². The van der Waals surface area contributed by atoms with Gasteiger partial charge < -0.3 is 4.74 Å². The molecule has 0 saturated carbocycles. The number of methoxy groups -OCH3 is 1. The molecule has 3 rings (SSSR count). The summed E-state index contributed by atoms with van der Waals surface area (Å²) in [6.45, 7) is 0. The fourth-order valence-corrected chi connectivity index (χ4v) is 5.71. The van der Waals surface area contributed by atoms with Gasteiger partial charge in [0.1, 0.15) is 0 Å². The second-order valence-corrected chi connectivity index (χ2v) is 8.51. The predicted octanol–water partition coefficient (Wildman–Crippen LogP) is 2.50. The van der Waals surface area contributed by atoms with Crippen molar-refractivity contribution in [1.82, 2.24) is 0 Å². The van der Waals surface area contributed by atoms with Crippen LogP contribution >= 0.6 is 0 Å². The van der Waals surface area contributed by atoms with E-state index in [1.54, 1.807) is 6.08 Å². The van der Waals surface area contributed by atoms with Crippen molar-refractivity contribution in [1.29, 1.82) is 0 Å². The van der Waals surface area contributed by atoms with Crippen LogP contribution in [-0.4, -0.2) is 36.9 Å². The van der Waals surface area contributed by atoms with E-state index >= 15 is 0 Å². The third-order valence-electron chi connectivity index (χ3n) is 4.70. The summed E-state index contributed by atoms with van der Waals surface area (Å²) >= 11 is 0. The Labute approximate surface area is 139 Å². The zero-order valence-electron chi connectivity index (χ0n) is 13.1. The van der Waals surface area contributed by atoms with Crippen LogP contribution in [0.4, 0.5) is 5.69 Å². The third kappa shape index (κ3) is 2.71. The third-order valence-corrected chi connectivity index (χ3v) is 7.24. The molecular formula is C16H17NO6S. The lowest BCUT2D eigenvalue weighted by Crippen LogP contribution is -2.38. The summed E-state index contributed by atoms with van der Waals surface area (Å²) in [6.07, 6.45) is 3.91. The van der Waals surface area contributed by atoms with Gasteiger partial charge in [0.25, 0.3) is 5.69 Å². The SMILES string of the molecule is COC(=O)c1ccc(C2=CC3CCCC(C2)S3(=O)=O)c([N+](=O)[O-])c1. The van der Waals surface area contributed by atoms with Gasteiger partial charge in [-0.25, -0.2) is 13.2 Å². The molecule has 7 nitrogen and oxygen atoms in total. The van der Waals surface area contributed by atoms with Crippen molar-refractivity contribution < 1.29 is 22.9 Å². The fourth-order valence-electron chi connectivity index (χ4n) is 3.46. The summed E-state index contributed by atoms with van der Waals surface area (Å²) in [5.74, 6) is -0.651. The van der Waals surface area contributed by atoms with E-state index in [1.807, 2.05) is 0 Å². The Balaban J connectivity index is 2.08. The number of nitro groups is 1. The van der Waals surface area contributed by atoms with E-state index < -0.39 is 31.2 Å². The number of ether oxygens (including phenoxy) is 1. The molecule has 0 aliphatic carbocycles. The highest BCUT2D eigenvalue weighted by Gasteiger charge is 2.41. The first-order chi connectivity index (χ1) is 11.3. The van der Waals surface area contributed by atoms with E-state index in [9.17, 15) is 23.3 Å². The second kappa shape index (κ2) is 6.01. The Hall–Kier alpha value is -2.22. The van der Waals surface area contributed by atoms with Crippen LogP contribution in [0.3, 0.4) is 0 Å². The molecule has 1 saturated heterocycles. The molecule has 1 aromatic rings. The molecule has 2 aliphatic heterocycles. The first-order valence-electron chi connectivity index (χ1n) is 7.65. The maximum atomic E-state index is 12.3. The van der Waals surface area contributed by atoms with Crippen LogP contribution in [0.5, 0.6) is 0 Å². The number of allylic oxidation sites excluding steroid dienone is 1. The number of nitro benzene ring substituents is 1. The van der Waals surface area contributed by atoms with Gasteiger partial charge in [-0.05, 0) is 37.0 Å². The molecule has 1 fully saturated rings. The average Bonchev–Trinajstić information content (AvgIpc) is 2.52. The molecule has 0 radical (unpaired) electrons. The molecule has 8 heteroatoms. The van der Waals surface area contributed by atoms with Gasteiger partial charge in [-0.1, -0.05) is 12.5 Å². The highest BCUT2D eigenvalue weighted by atomic mass is 32.2. The molecule has 2 unspecified atom stereocenters. The number of benzene rings is 1. The van der Waals surface area contributed by atoms with Gasteiger partial charge >= 0.3 is 5.97 Å². The number of sulfone groups is 1. The van der Waals surface area contributed by atoms with Crippen molar-refractivity contribution in [2.45, 2.75) is 36.2 Å². The van der Waals surface area contributed by atoms with Gasteiger partial charge in [0.2, 0.25) is 0 Å². The van der Waals surface area contributed by atoms with E-state index in [0.717, 1.165) is 6.42 Å². The Kier molecular flexibility index (Phi) is 4.16. The van der Waals surface area contributed by atoms with Gasteiger partial charge in [0.15, 0.2) is 9.84 Å². The van der Waals surface area contributed by atoms with Gasteiger partial charge in [0, 0.05) is 6.07 Å². The van der Waals surface area contributed by atoms with Crippen LogP contribution in [0.25, 0.3) is 5.57 Å². The standard InChI is InChI=1S/C16H17NO6S/c1-23-16(18)10-5-6-14(15(9-10)17(19)20)11-7-12-3-2-4-13(8-11)24(12,21)22/h5-7,9,12-13H,2-4,8H2,1H3. The molecule has 128 valence electrons. The van der Waals surface area contributed by atoms with Crippen molar-refractivity contribution in [2.75, 3.05) is 7.11 Å². The Morgan fingerprint density at radius 2 is 2.08 bits per heavy atom. The Morgan fingerprint density at radius 1 is 1.33 bits per heavy atom. The molecular weight excluding hydrogens is 334 g/mol. The molecule has 2 heterocycles. The van der Waals surface area contributed by atoms with Crippen molar-refractivity contribution in [2.24, 2.45) is 0 Å². The lowest BCUT2D eigenvalue weighted by molar-refractivity contribution is -0.385. The first kappa shape index (κ1) is 16.6. The molecule has 2 atom stereocenters. The van der Waals surface area contributed by atoms with Crippen LogP contribution < -0.4 is 0 Å². The summed E-state index contributed by atoms with van der Waals surface area (Å²) < 4.78 is 29.3. The normalized spacial score (nSPS) is 24.8. The van der Waals surface area contributed by atoms with Gasteiger partial charge in [-0.15, -0.1) is 0 Å². The summed E-state index contributed by atoms with van der Waals surface area (Å²) in [4.78, 5) is 22.4. The maximum Gasteiger partial charge on any atom is 0.338 e. The maximum absolute atomic E-state index is 12.3. The van der Waals surface area contributed by atoms with Crippen LogP contribution in [0, 0.1) is 10.1 Å². The van der Waals surface area contributed by atoms with Crippen molar-refractivity contribution in [3.8, 4) is 0 Å². The summed E-state index contributed by atoms with van der Waals surface area (Å²) in [5.41, 5.74) is 0.931. The van der Waals surface area contributed by atoms with E-state index in [0.29, 0.717) is 24.0 Å². The van der Waals surface area contributed by atoms with Gasteiger partial charge in [-0.2, -0.15) is 0 Å². The Morgan fingerprint density at radius 3 is 2.71 bits per heavy atom. The minimum Gasteiger partial charge on any atom is -0.465 e. The van der Waals surface area contributed by atoms with Crippen molar-refractivity contribution in [3.63, 3.8) is 0 Å². The fraction of sp³-hybridized carbons (Fsp3) is 0.438. The molecule has 24 heavy (non-hydrogen) atoms. The molecule has 2 bridgehead atoms. The summed E-state index contributed by atoms with van der Waals surface area (Å²) in [6, 6.07) is 4.15. The second-order valence-electron chi connectivity index (χ2n) is 6.06. The predicted molar refractivity (Wildman–Crippen MR) is 87.4 cm³/mol. The lowest BCUT2D eigenvalue weighted by Gasteiger charge is -2.33. The molecule has 0 spiro atoms. The number of esters is 1. The topological polar surface area (TPSA) is 104 Å². The zero-order valence-corrected chi connectivity index (χ0v) is 13.9. The highest BCUT2D eigenvalue weighted by Crippen LogP contribution is 2.41. The van der Waals surface area contributed by atoms with E-state index in [1.165, 1.54) is 25.3 Å². The molecule has 0 N–H and O–H groups in total. The molecule has 1 aromatic carbocycles. The van der Waals surface area contributed by atoms with Crippen LogP contribution in [0.1, 0.15) is 41.6 Å². The number of carbonyl (C=O) groups excluding carboxylic acids is 1. The average molecular weight is 351 g/mol. The van der Waals surface area contributed by atoms with Gasteiger partial charge in [-0.3, -0.25) is 10.1 Å².